The second kappa shape index (κ2) is 42.1. The van der Waals surface area contributed by atoms with Gasteiger partial charge >= 0.3 is 5.97 Å². The molecule has 8 aromatic rings. The topological polar surface area (TPSA) is 262 Å². The molecule has 1 aliphatic carbocycles. The van der Waals surface area contributed by atoms with Gasteiger partial charge in [0.05, 0.1) is 30.6 Å². The maximum absolute atomic E-state index is 14.3. The molecule has 3 heterocycles. The number of Topliss-reactive ketones (excluding diaryl/α,β-unsaturated/α-hetero) is 1. The lowest BCUT2D eigenvalue weighted by Gasteiger charge is -2.30. The number of nitrogens with one attached hydrogen (secondary N) is 6. The number of benzene rings is 8. The van der Waals surface area contributed by atoms with Gasteiger partial charge in [0, 0.05) is 69.0 Å². The van der Waals surface area contributed by atoms with E-state index in [9.17, 15) is 47.9 Å². The number of carbonyl (C=O) groups is 10. The zero-order valence-electron chi connectivity index (χ0n) is 67.0. The van der Waals surface area contributed by atoms with E-state index in [4.69, 9.17) is 11.2 Å². The molecule has 3 fully saturated rings. The Morgan fingerprint density at radius 2 is 0.769 bits per heavy atom. The summed E-state index contributed by atoms with van der Waals surface area (Å²) in [6, 6.07) is 67.9. The molecule has 12 rings (SSSR count). The molecular weight excluding hydrogens is 1470 g/mol. The average Bonchev–Trinajstić information content (AvgIpc) is 1.62. The fourth-order valence-corrected chi connectivity index (χ4v) is 15.7. The Bertz CT molecular complexity index is 4780. The number of likely N-dealkylation sites (tertiary alicyclic amines) is 3. The molecule has 0 bridgehead atoms. The molecule has 3 aliphatic heterocycles. The van der Waals surface area contributed by atoms with Crippen LogP contribution in [-0.4, -0.2) is 149 Å². The lowest BCUT2D eigenvalue weighted by molar-refractivity contribution is -0.147. The molecule has 0 spiro atoms. The highest BCUT2D eigenvalue weighted by Gasteiger charge is 2.43. The van der Waals surface area contributed by atoms with E-state index in [2.05, 4.69) is 73.6 Å². The molecule has 8 aromatic carbocycles. The Morgan fingerprint density at radius 3 is 1.16 bits per heavy atom. The van der Waals surface area contributed by atoms with Crippen molar-refractivity contribution >= 4 is 59.0 Å². The third-order valence-electron chi connectivity index (χ3n) is 22.2. The van der Waals surface area contributed by atoms with Crippen LogP contribution >= 0.6 is 0 Å². The first-order valence-corrected chi connectivity index (χ1v) is 40.5. The summed E-state index contributed by atoms with van der Waals surface area (Å²) in [5.41, 5.74) is 10.2. The number of amides is 8. The molecule has 117 heavy (non-hydrogen) atoms. The second-order valence-corrected chi connectivity index (χ2v) is 30.4. The molecule has 8 atom stereocenters. The SMILES string of the molecule is C#CC[C@H](NC(=O)[C@H](C)CC(=O)OCC1c2ccccc2-c2ccccc21)C(=O)N1CCC[C@H]1C(=O)NC(c1ccccc1)c1ccccc1.CN[C@@H](C)C(=O)N[C@@H](CC#CC#CC[C@H](NC(=O)C(C)C)C(=O)N1CCC[C@H]1C(=O)NC(c1ccccc1)c1ccccc1)C(=O)N1CCC[C@H]1C(=O)CC(c1ccccc1)c1ccccc1. The number of rotatable bonds is 30. The van der Waals surface area contributed by atoms with Gasteiger partial charge in [-0.2, -0.15) is 0 Å². The molecule has 4 aliphatic rings. The van der Waals surface area contributed by atoms with Crippen LogP contribution in [0.25, 0.3) is 11.1 Å². The lowest BCUT2D eigenvalue weighted by atomic mass is 9.85. The number of fused-ring (bicyclic) bond motifs is 3. The van der Waals surface area contributed by atoms with Crippen LogP contribution in [0.3, 0.4) is 0 Å². The predicted octanol–water partition coefficient (Wildman–Crippen LogP) is 11.5. The van der Waals surface area contributed by atoms with Crippen molar-refractivity contribution in [3.63, 3.8) is 0 Å². The number of hydrogen-bond donors (Lipinski definition) is 6. The van der Waals surface area contributed by atoms with Crippen molar-refractivity contribution in [2.24, 2.45) is 11.8 Å². The Balaban J connectivity index is 0.000000239. The van der Waals surface area contributed by atoms with Gasteiger partial charge in [-0.05, 0) is 120 Å². The van der Waals surface area contributed by atoms with Crippen molar-refractivity contribution in [2.45, 2.75) is 165 Å². The Hall–Kier alpha value is -12.7. The van der Waals surface area contributed by atoms with E-state index >= 15 is 0 Å². The number of carbonyl (C=O) groups excluding carboxylic acids is 10. The van der Waals surface area contributed by atoms with E-state index in [-0.39, 0.29) is 74.1 Å². The van der Waals surface area contributed by atoms with Gasteiger partial charge in [0.25, 0.3) is 0 Å². The van der Waals surface area contributed by atoms with Crippen LogP contribution in [0.4, 0.5) is 0 Å². The van der Waals surface area contributed by atoms with Gasteiger partial charge in [0.1, 0.15) is 36.8 Å². The standard InChI is InChI=1S/C55H62N6O6.C42H41N3O5/c1-38(2)51(63)57-45(55(67)61-36-22-34-48(61)53(65)59-50(42-27-15-9-16-28-42)43-29-17-10-18-30-43)31-19-5-6-20-32-46(58-52(64)39(3)56-4)54(66)60-35-21-33-47(60)49(62)37-44(40-23-11-7-12-24-40)41-25-13-8-14-26-41;1-3-15-36(42(49)45-25-14-24-37(45)41(48)44-39(29-16-6-4-7-17-29)30-18-8-5-9-19-30)43-40(47)28(2)26-38(46)50-27-35-33-22-12-10-20-31(33)32-21-11-13-23-34(32)35/h7-18,23-30,38-39,44-48,50,56H,21-22,31-37H2,1-4H3,(H,57,63)(H,58,64)(H,59,65);1,4-13,16-23,28,35-37,39H,14-15,24-27H2,2H3,(H,43,47)(H,44,48)/t39-,45-,46-,47-,48-;28-,36+,37+/m01/s1. The van der Waals surface area contributed by atoms with Gasteiger partial charge in [0.2, 0.25) is 47.3 Å². The molecule has 0 aromatic heterocycles. The Morgan fingerprint density at radius 1 is 0.419 bits per heavy atom. The van der Waals surface area contributed by atoms with E-state index < -0.39 is 102 Å². The minimum atomic E-state index is -1.05. The minimum absolute atomic E-state index is 0.0488. The monoisotopic (exact) mass is 1570 g/mol. The molecular formula is C97H103N9O11. The number of ketones is 1. The first kappa shape index (κ1) is 85.2. The van der Waals surface area contributed by atoms with E-state index in [1.165, 1.54) is 9.80 Å². The van der Waals surface area contributed by atoms with Crippen molar-refractivity contribution in [3.05, 3.63) is 275 Å². The van der Waals surface area contributed by atoms with Gasteiger partial charge in [-0.1, -0.05) is 263 Å². The minimum Gasteiger partial charge on any atom is -0.465 e. The number of ether oxygens (including phenoxy) is 1. The van der Waals surface area contributed by atoms with Crippen molar-refractivity contribution in [3.8, 4) is 47.2 Å². The summed E-state index contributed by atoms with van der Waals surface area (Å²) >= 11 is 0. The molecule has 8 amide bonds. The highest BCUT2D eigenvalue weighted by Crippen LogP contribution is 2.45. The van der Waals surface area contributed by atoms with Crippen molar-refractivity contribution in [1.82, 2.24) is 46.6 Å². The molecule has 20 heteroatoms. The van der Waals surface area contributed by atoms with Crippen LogP contribution in [0.5, 0.6) is 0 Å². The summed E-state index contributed by atoms with van der Waals surface area (Å²) in [6.45, 7) is 8.00. The maximum atomic E-state index is 14.3. The number of likely N-dealkylation sites (N-methyl/N-ethyl adjacent to an activating group) is 1. The smallest absolute Gasteiger partial charge is 0.306 e. The molecule has 0 unspecified atom stereocenters. The fraction of sp³-hybridized carbons (Fsp3) is 0.340. The van der Waals surface area contributed by atoms with E-state index in [0.717, 1.165) is 55.6 Å². The largest absolute Gasteiger partial charge is 0.465 e. The van der Waals surface area contributed by atoms with Crippen LogP contribution in [-0.2, 0) is 52.7 Å². The number of hydrogen-bond acceptors (Lipinski definition) is 12. The number of esters is 1. The van der Waals surface area contributed by atoms with Gasteiger partial charge in [-0.25, -0.2) is 0 Å². The van der Waals surface area contributed by atoms with Crippen molar-refractivity contribution < 1.29 is 52.7 Å². The molecule has 20 nitrogen and oxygen atoms in total. The highest BCUT2D eigenvalue weighted by molar-refractivity contribution is 5.97. The van der Waals surface area contributed by atoms with Crippen LogP contribution in [0.2, 0.25) is 0 Å². The molecule has 602 valence electrons. The molecule has 6 N–H and O–H groups in total. The van der Waals surface area contributed by atoms with Gasteiger partial charge in [-0.3, -0.25) is 47.9 Å². The summed E-state index contributed by atoms with van der Waals surface area (Å²) in [5.74, 6) is 8.89. The van der Waals surface area contributed by atoms with E-state index in [0.29, 0.717) is 58.2 Å². The van der Waals surface area contributed by atoms with Crippen molar-refractivity contribution in [2.75, 3.05) is 33.3 Å². The summed E-state index contributed by atoms with van der Waals surface area (Å²) in [7, 11) is 1.65. The van der Waals surface area contributed by atoms with Crippen LogP contribution in [0, 0.1) is 47.9 Å². The van der Waals surface area contributed by atoms with Crippen LogP contribution in [0.15, 0.2) is 231 Å². The fourth-order valence-electron chi connectivity index (χ4n) is 15.7. The Labute approximate surface area is 686 Å². The lowest BCUT2D eigenvalue weighted by Crippen LogP contribution is -2.54. The average molecular weight is 1570 g/mol. The molecule has 3 saturated heterocycles. The van der Waals surface area contributed by atoms with Gasteiger partial charge in [0.15, 0.2) is 5.78 Å². The van der Waals surface area contributed by atoms with E-state index in [1.807, 2.05) is 218 Å². The first-order chi connectivity index (χ1) is 56.8. The quantitative estimate of drug-likeness (QED) is 0.0181. The number of terminal acetylenes is 1. The zero-order chi connectivity index (χ0) is 82.7. The summed E-state index contributed by atoms with van der Waals surface area (Å²) in [4.78, 5) is 141. The van der Waals surface area contributed by atoms with Crippen LogP contribution in [0.1, 0.15) is 167 Å². The summed E-state index contributed by atoms with van der Waals surface area (Å²) in [6.07, 6.45) is 8.85. The van der Waals surface area contributed by atoms with E-state index in [1.54, 1.807) is 39.6 Å². The third-order valence-corrected chi connectivity index (χ3v) is 22.2. The zero-order valence-corrected chi connectivity index (χ0v) is 67.0. The van der Waals surface area contributed by atoms with Crippen LogP contribution < -0.4 is 31.9 Å². The Kier molecular flexibility index (Phi) is 30.6. The second-order valence-electron chi connectivity index (χ2n) is 30.4. The predicted molar refractivity (Wildman–Crippen MR) is 450 cm³/mol. The van der Waals surface area contributed by atoms with Gasteiger partial charge < -0.3 is 51.3 Å². The normalized spacial score (nSPS) is 16.5. The molecule has 0 radical (unpaired) electrons. The number of nitrogens with zero attached hydrogens (tertiary/aromatic N) is 3. The molecule has 0 saturated carbocycles. The van der Waals surface area contributed by atoms with Gasteiger partial charge in [-0.15, -0.1) is 12.3 Å². The maximum Gasteiger partial charge on any atom is 0.306 e. The summed E-state index contributed by atoms with van der Waals surface area (Å²) < 4.78 is 5.71. The first-order valence-electron chi connectivity index (χ1n) is 40.5. The summed E-state index contributed by atoms with van der Waals surface area (Å²) in [5, 5.41) is 17.7. The van der Waals surface area contributed by atoms with Crippen molar-refractivity contribution in [1.29, 1.82) is 0 Å². The third kappa shape index (κ3) is 22.2. The highest BCUT2D eigenvalue weighted by atomic mass is 16.5.